The second kappa shape index (κ2) is 15.6. The Balaban J connectivity index is 0.954. The Kier molecular flexibility index (Phi) is 8.79. The van der Waals surface area contributed by atoms with Crippen molar-refractivity contribution in [2.45, 2.75) is 0 Å². The highest BCUT2D eigenvalue weighted by Gasteiger charge is 2.23. The van der Waals surface area contributed by atoms with E-state index in [1.165, 1.54) is 21.9 Å². The zero-order valence-electron chi connectivity index (χ0n) is 37.0. The van der Waals surface area contributed by atoms with Gasteiger partial charge in [-0.2, -0.15) is 0 Å². The van der Waals surface area contributed by atoms with E-state index in [0.717, 1.165) is 99.5 Å². The highest BCUT2D eigenvalue weighted by molar-refractivity contribution is 6.20. The van der Waals surface area contributed by atoms with E-state index in [0.29, 0.717) is 17.5 Å². The van der Waals surface area contributed by atoms with Crippen LogP contribution < -0.4 is 0 Å². The van der Waals surface area contributed by atoms with Crippen LogP contribution in [0.3, 0.4) is 0 Å². The van der Waals surface area contributed by atoms with Crippen molar-refractivity contribution < 1.29 is 8.83 Å². The average molecular weight is 883 g/mol. The Morgan fingerprint density at radius 1 is 0.290 bits per heavy atom. The van der Waals surface area contributed by atoms with Crippen molar-refractivity contribution in [3.63, 3.8) is 0 Å². The van der Waals surface area contributed by atoms with Crippen LogP contribution in [0, 0.1) is 0 Å². The molecule has 10 aromatic carbocycles. The number of hydrogen-bond acceptors (Lipinski definition) is 5. The van der Waals surface area contributed by atoms with Gasteiger partial charge in [-0.15, -0.1) is 0 Å². The standard InChI is InChI=1S/C63H38N4O2/c1-4-17-39(18-5-1)42-33-34-54-51(36-42)47-25-10-12-30-53(47)67(54)45-37-52(59-49-26-11-13-31-55(49)68-57(59)38-45)48-28-15-29-50-58-46(27-16-32-56(58)69-60(48)50)43-23-14-24-44(35-43)63-65-61(40-19-6-2-7-20-40)64-62(66-63)41-21-8-3-9-22-41/h1-38H. The monoisotopic (exact) mass is 882 g/mol. The van der Waals surface area contributed by atoms with Gasteiger partial charge < -0.3 is 13.4 Å². The first-order valence-electron chi connectivity index (χ1n) is 23.2. The summed E-state index contributed by atoms with van der Waals surface area (Å²) in [6, 6.07) is 80.3. The topological polar surface area (TPSA) is 69.9 Å². The average Bonchev–Trinajstić information content (AvgIpc) is 4.11. The second-order valence-corrected chi connectivity index (χ2v) is 17.5. The third-order valence-corrected chi connectivity index (χ3v) is 13.4. The fraction of sp³-hybridized carbons (Fsp3) is 0. The fourth-order valence-corrected chi connectivity index (χ4v) is 10.3. The summed E-state index contributed by atoms with van der Waals surface area (Å²) in [4.78, 5) is 15.0. The molecule has 14 rings (SSSR count). The first kappa shape index (κ1) is 38.8. The largest absolute Gasteiger partial charge is 0.456 e. The second-order valence-electron chi connectivity index (χ2n) is 17.5. The molecule has 322 valence electrons. The molecule has 0 atom stereocenters. The van der Waals surface area contributed by atoms with Gasteiger partial charge in [-0.1, -0.05) is 182 Å². The third-order valence-electron chi connectivity index (χ3n) is 13.4. The first-order valence-corrected chi connectivity index (χ1v) is 23.2. The van der Waals surface area contributed by atoms with Crippen LogP contribution in [-0.4, -0.2) is 19.5 Å². The number of rotatable bonds is 7. The van der Waals surface area contributed by atoms with E-state index in [9.17, 15) is 0 Å². The van der Waals surface area contributed by atoms with E-state index in [1.807, 2.05) is 66.7 Å². The molecule has 14 aromatic rings. The minimum Gasteiger partial charge on any atom is -0.456 e. The summed E-state index contributed by atoms with van der Waals surface area (Å²) in [6.07, 6.45) is 0. The lowest BCUT2D eigenvalue weighted by Crippen LogP contribution is -2.00. The predicted molar refractivity (Wildman–Crippen MR) is 281 cm³/mol. The lowest BCUT2D eigenvalue weighted by atomic mass is 9.94. The number of fused-ring (bicyclic) bond motifs is 9. The zero-order chi connectivity index (χ0) is 45.4. The molecule has 0 N–H and O–H groups in total. The number of hydrogen-bond donors (Lipinski definition) is 0. The lowest BCUT2D eigenvalue weighted by molar-refractivity contribution is 0.668. The highest BCUT2D eigenvalue weighted by atomic mass is 16.3. The summed E-state index contributed by atoms with van der Waals surface area (Å²) in [5.41, 5.74) is 15.7. The maximum absolute atomic E-state index is 7.04. The molecule has 0 saturated carbocycles. The van der Waals surface area contributed by atoms with Gasteiger partial charge >= 0.3 is 0 Å². The van der Waals surface area contributed by atoms with E-state index in [2.05, 4.69) is 168 Å². The highest BCUT2D eigenvalue weighted by Crippen LogP contribution is 2.46. The molecule has 0 aliphatic heterocycles. The van der Waals surface area contributed by atoms with Gasteiger partial charge in [-0.05, 0) is 70.3 Å². The number of benzene rings is 10. The number of furan rings is 2. The van der Waals surface area contributed by atoms with Crippen LogP contribution in [-0.2, 0) is 0 Å². The van der Waals surface area contributed by atoms with Crippen LogP contribution in [0.25, 0.3) is 139 Å². The molecule has 6 heteroatoms. The Labute approximate surface area is 396 Å². The first-order chi connectivity index (χ1) is 34.2. The quantitative estimate of drug-likeness (QED) is 0.159. The number of aromatic nitrogens is 4. The van der Waals surface area contributed by atoms with E-state index in [1.54, 1.807) is 0 Å². The van der Waals surface area contributed by atoms with Gasteiger partial charge in [0.25, 0.3) is 0 Å². The number of nitrogens with zero attached hydrogens (tertiary/aromatic N) is 4. The zero-order valence-corrected chi connectivity index (χ0v) is 37.0. The van der Waals surface area contributed by atoms with Crippen LogP contribution in [0.1, 0.15) is 0 Å². The molecule has 4 aromatic heterocycles. The Morgan fingerprint density at radius 2 is 0.841 bits per heavy atom. The molecular formula is C63H38N4O2. The number of para-hydroxylation sites is 3. The van der Waals surface area contributed by atoms with Gasteiger partial charge in [-0.3, -0.25) is 0 Å². The van der Waals surface area contributed by atoms with E-state index in [-0.39, 0.29) is 0 Å². The van der Waals surface area contributed by atoms with Gasteiger partial charge in [0.1, 0.15) is 22.3 Å². The summed E-state index contributed by atoms with van der Waals surface area (Å²) in [6.45, 7) is 0. The minimum absolute atomic E-state index is 0.604. The lowest BCUT2D eigenvalue weighted by Gasteiger charge is -2.12. The molecule has 0 saturated heterocycles. The molecule has 69 heavy (non-hydrogen) atoms. The van der Waals surface area contributed by atoms with Gasteiger partial charge in [0, 0.05) is 60.6 Å². The predicted octanol–water partition coefficient (Wildman–Crippen LogP) is 16.8. The summed E-state index contributed by atoms with van der Waals surface area (Å²) in [7, 11) is 0. The maximum atomic E-state index is 7.04. The van der Waals surface area contributed by atoms with Crippen molar-refractivity contribution in [3.8, 4) is 73.2 Å². The van der Waals surface area contributed by atoms with Crippen molar-refractivity contribution in [1.29, 1.82) is 0 Å². The third kappa shape index (κ3) is 6.38. The van der Waals surface area contributed by atoms with E-state index < -0.39 is 0 Å². The van der Waals surface area contributed by atoms with Crippen molar-refractivity contribution >= 4 is 65.7 Å². The van der Waals surface area contributed by atoms with Crippen molar-refractivity contribution in [2.24, 2.45) is 0 Å². The van der Waals surface area contributed by atoms with Crippen molar-refractivity contribution in [1.82, 2.24) is 19.5 Å². The Morgan fingerprint density at radius 3 is 1.61 bits per heavy atom. The smallest absolute Gasteiger partial charge is 0.164 e. The molecule has 0 spiro atoms. The van der Waals surface area contributed by atoms with Gasteiger partial charge in [0.15, 0.2) is 17.5 Å². The normalized spacial score (nSPS) is 11.8. The Bertz CT molecular complexity index is 4250. The summed E-state index contributed by atoms with van der Waals surface area (Å²) >= 11 is 0. The Hall–Kier alpha value is -9.39. The van der Waals surface area contributed by atoms with E-state index in [4.69, 9.17) is 23.8 Å². The molecule has 0 fully saturated rings. The molecule has 0 amide bonds. The van der Waals surface area contributed by atoms with Gasteiger partial charge in [0.2, 0.25) is 0 Å². The molecule has 0 unspecified atom stereocenters. The van der Waals surface area contributed by atoms with Crippen molar-refractivity contribution in [2.75, 3.05) is 0 Å². The minimum atomic E-state index is 0.604. The molecular weight excluding hydrogens is 845 g/mol. The summed E-state index contributed by atoms with van der Waals surface area (Å²) in [5.74, 6) is 1.85. The van der Waals surface area contributed by atoms with Crippen LogP contribution in [0.2, 0.25) is 0 Å². The summed E-state index contributed by atoms with van der Waals surface area (Å²) in [5, 5.41) is 6.55. The molecule has 6 nitrogen and oxygen atoms in total. The van der Waals surface area contributed by atoms with Gasteiger partial charge in [-0.25, -0.2) is 15.0 Å². The fourth-order valence-electron chi connectivity index (χ4n) is 10.3. The van der Waals surface area contributed by atoms with Crippen molar-refractivity contribution in [3.05, 3.63) is 231 Å². The van der Waals surface area contributed by atoms with Crippen LogP contribution >= 0.6 is 0 Å². The van der Waals surface area contributed by atoms with Crippen LogP contribution in [0.15, 0.2) is 239 Å². The molecule has 0 radical (unpaired) electrons. The van der Waals surface area contributed by atoms with E-state index >= 15 is 0 Å². The molecule has 4 heterocycles. The van der Waals surface area contributed by atoms with Gasteiger partial charge in [0.05, 0.1) is 16.7 Å². The van der Waals surface area contributed by atoms with Crippen LogP contribution in [0.5, 0.6) is 0 Å². The summed E-state index contributed by atoms with van der Waals surface area (Å²) < 4.78 is 16.2. The SMILES string of the molecule is c1ccc(-c2ccc3c(c2)c2ccccc2n3-c2cc(-c3cccc4c3oc3cccc(-c5cccc(-c6nc(-c7ccccc7)nc(-c7ccccc7)n6)c5)c34)c3c(c2)oc2ccccc23)cc1. The molecule has 0 bridgehead atoms. The molecule has 0 aliphatic carbocycles. The maximum Gasteiger partial charge on any atom is 0.164 e. The molecule has 0 aliphatic rings. The van der Waals surface area contributed by atoms with Crippen LogP contribution in [0.4, 0.5) is 0 Å².